The molecule has 4 heteroatoms. The van der Waals surface area contributed by atoms with Gasteiger partial charge in [0, 0.05) is 98.6 Å². The average molecular weight is 540 g/mol. The predicted molar refractivity (Wildman–Crippen MR) is 17.3 cm³/mol. The van der Waals surface area contributed by atoms with Crippen LogP contribution in [0.4, 0.5) is 0 Å². The van der Waals surface area contributed by atoms with E-state index in [1.165, 1.54) is 0 Å². The van der Waals surface area contributed by atoms with Crippen LogP contribution in [0.2, 0.25) is 0 Å². The summed E-state index contributed by atoms with van der Waals surface area (Å²) in [6, 6.07) is 0. The quantitative estimate of drug-likeness (QED) is 0.365. The van der Waals surface area contributed by atoms with E-state index < -0.39 is 0 Å². The molecule has 0 fully saturated rings. The molecule has 0 bridgehead atoms. The van der Waals surface area contributed by atoms with Crippen LogP contribution in [-0.2, 0) is 21.1 Å². The van der Waals surface area contributed by atoms with Gasteiger partial charge < -0.3 is 0 Å². The Balaban J connectivity index is 0. The Morgan fingerprint density at radius 1 is 0.500 bits per heavy atom. The van der Waals surface area contributed by atoms with Crippen LogP contribution in [-0.4, -0.2) is 77.5 Å². The zero-order chi connectivity index (χ0) is 0. The fourth-order valence-corrected chi connectivity index (χ4v) is 0. The van der Waals surface area contributed by atoms with E-state index >= 15 is 0 Å². The summed E-state index contributed by atoms with van der Waals surface area (Å²) in [5, 5.41) is 0. The van der Waals surface area contributed by atoms with Crippen LogP contribution in [0.25, 0.3) is 0 Å². The molecule has 0 nitrogen and oxygen atoms in total. The van der Waals surface area contributed by atoms with Gasteiger partial charge in [0.15, 0.2) is 0 Å². The molecule has 19 valence electrons. The van der Waals surface area contributed by atoms with E-state index in [9.17, 15) is 0 Å². The van der Waals surface area contributed by atoms with Crippen molar-refractivity contribution in [2.45, 2.75) is 0 Å². The van der Waals surface area contributed by atoms with Crippen molar-refractivity contribution >= 4 is 77.5 Å². The third-order valence-corrected chi connectivity index (χ3v) is 0. The molecular weight excluding hydrogens is 540 g/mol. The standard InChI is InChI=1S/3In.Pt. The van der Waals surface area contributed by atoms with E-state index in [0.29, 0.717) is 0 Å². The van der Waals surface area contributed by atoms with Crippen LogP contribution < -0.4 is 0 Å². The Morgan fingerprint density at radius 2 is 0.500 bits per heavy atom. The van der Waals surface area contributed by atoms with Crippen LogP contribution in [0.15, 0.2) is 0 Å². The molecule has 0 saturated heterocycles. The second-order valence-corrected chi connectivity index (χ2v) is 0. The van der Waals surface area contributed by atoms with Crippen molar-refractivity contribution in [2.24, 2.45) is 0 Å². The van der Waals surface area contributed by atoms with Crippen LogP contribution in [0.1, 0.15) is 0 Å². The first-order valence-corrected chi connectivity index (χ1v) is 0. The Kier molecular flexibility index (Phi) is 108. The van der Waals surface area contributed by atoms with Gasteiger partial charge in [-0.15, -0.1) is 0 Å². The summed E-state index contributed by atoms with van der Waals surface area (Å²) in [4.78, 5) is 0. The molecule has 0 aromatic heterocycles. The van der Waals surface area contributed by atoms with E-state index in [1.54, 1.807) is 0 Å². The Morgan fingerprint density at radius 3 is 0.500 bits per heavy atom. The Bertz CT molecular complexity index is 3.25. The third-order valence-electron chi connectivity index (χ3n) is 0. The van der Waals surface area contributed by atoms with E-state index in [2.05, 4.69) is 0 Å². The molecule has 0 aliphatic rings. The molecule has 0 rings (SSSR count). The van der Waals surface area contributed by atoms with Gasteiger partial charge in [0.05, 0.1) is 0 Å². The smallest absolute Gasteiger partial charge is 0 e. The minimum absolute atomic E-state index is 0. The normalized spacial score (nSPS) is 0. The molecule has 0 heterocycles. The van der Waals surface area contributed by atoms with Gasteiger partial charge in [-0.2, -0.15) is 0 Å². The van der Waals surface area contributed by atoms with Crippen molar-refractivity contribution in [1.29, 1.82) is 0 Å². The fourth-order valence-electron chi connectivity index (χ4n) is 0. The maximum absolute atomic E-state index is 0. The summed E-state index contributed by atoms with van der Waals surface area (Å²) in [5.41, 5.74) is 0. The molecule has 0 atom stereocenters. The van der Waals surface area contributed by atoms with Gasteiger partial charge in [0.2, 0.25) is 0 Å². The van der Waals surface area contributed by atoms with Crippen LogP contribution >= 0.6 is 0 Å². The van der Waals surface area contributed by atoms with Gasteiger partial charge in [0.1, 0.15) is 0 Å². The number of hydrogen-bond donors (Lipinski definition) is 0. The van der Waals surface area contributed by atoms with Crippen molar-refractivity contribution in [3.05, 3.63) is 0 Å². The predicted octanol–water partition coefficient (Wildman–Crippen LogP) is -1.14. The van der Waals surface area contributed by atoms with E-state index in [4.69, 9.17) is 0 Å². The van der Waals surface area contributed by atoms with Gasteiger partial charge in [0.25, 0.3) is 0 Å². The number of hydrogen-bond acceptors (Lipinski definition) is 0. The first-order chi connectivity index (χ1) is 0. The van der Waals surface area contributed by atoms with Crippen molar-refractivity contribution in [2.75, 3.05) is 0 Å². The van der Waals surface area contributed by atoms with E-state index in [-0.39, 0.29) is 98.6 Å². The molecule has 0 unspecified atom stereocenters. The molecule has 0 amide bonds. The average Bonchev–Trinajstić information content (AvgIpc) is 0. The third kappa shape index (κ3) is 9.00. The van der Waals surface area contributed by atoms with E-state index in [1.807, 2.05) is 0 Å². The van der Waals surface area contributed by atoms with Gasteiger partial charge in [-0.1, -0.05) is 0 Å². The first-order valence-electron chi connectivity index (χ1n) is 0. The van der Waals surface area contributed by atoms with Crippen molar-refractivity contribution in [1.82, 2.24) is 0 Å². The summed E-state index contributed by atoms with van der Waals surface area (Å²) in [6.07, 6.45) is 0. The summed E-state index contributed by atoms with van der Waals surface area (Å²) in [7, 11) is 0. The molecule has 0 aliphatic carbocycles. The zero-order valence-corrected chi connectivity index (χ0v) is 14.2. The molecular formula is In3Pt. The first kappa shape index (κ1) is 26.6. The molecule has 0 spiro atoms. The SMILES string of the molecule is [In].[In].[In].[Pt]. The van der Waals surface area contributed by atoms with Gasteiger partial charge >= 0.3 is 0 Å². The second-order valence-electron chi connectivity index (χ2n) is 0. The molecule has 0 aromatic carbocycles. The minimum Gasteiger partial charge on any atom is 0 e. The number of rotatable bonds is 0. The van der Waals surface area contributed by atoms with E-state index in [0.717, 1.165) is 0 Å². The summed E-state index contributed by atoms with van der Waals surface area (Å²) < 4.78 is 0. The topological polar surface area (TPSA) is 0 Å². The molecule has 0 aliphatic heterocycles. The maximum atomic E-state index is 0. The van der Waals surface area contributed by atoms with Crippen LogP contribution in [0, 0.1) is 0 Å². The fraction of sp³-hybridized carbons (Fsp3) is 0. The largest absolute Gasteiger partial charge is 0 e. The molecule has 0 N–H and O–H groups in total. The summed E-state index contributed by atoms with van der Waals surface area (Å²) >= 11 is 0. The second kappa shape index (κ2) is 16.3. The van der Waals surface area contributed by atoms with Gasteiger partial charge in [-0.25, -0.2) is 0 Å². The molecule has 0 aromatic rings. The van der Waals surface area contributed by atoms with Gasteiger partial charge in [-0.3, -0.25) is 0 Å². The van der Waals surface area contributed by atoms with Crippen LogP contribution in [0.5, 0.6) is 0 Å². The molecule has 4 heavy (non-hydrogen) atoms. The Hall–Kier alpha value is 3.30. The van der Waals surface area contributed by atoms with Crippen LogP contribution in [0.3, 0.4) is 0 Å². The van der Waals surface area contributed by atoms with Crippen molar-refractivity contribution in [3.8, 4) is 0 Å². The van der Waals surface area contributed by atoms with Crippen molar-refractivity contribution in [3.63, 3.8) is 0 Å². The minimum atomic E-state index is 0. The Labute approximate surface area is 96.5 Å². The van der Waals surface area contributed by atoms with Gasteiger partial charge in [-0.05, 0) is 0 Å². The molecule has 9 radical (unpaired) electrons. The summed E-state index contributed by atoms with van der Waals surface area (Å²) in [5.74, 6) is 0. The summed E-state index contributed by atoms with van der Waals surface area (Å²) in [6.45, 7) is 0. The zero-order valence-electron chi connectivity index (χ0n) is 2.05. The maximum Gasteiger partial charge on any atom is 0 e. The monoisotopic (exact) mass is 540 g/mol. The van der Waals surface area contributed by atoms with Crippen molar-refractivity contribution < 1.29 is 21.1 Å². The molecule has 0 saturated carbocycles.